The normalized spacial score (nSPS) is 11.3. The fraction of sp³-hybridized carbons (Fsp3) is 0. The number of nitrogens with two attached hydrogens (primary N) is 1. The molecule has 0 amide bonds. The monoisotopic (exact) mass is 300 g/mol. The van der Waals surface area contributed by atoms with Crippen molar-refractivity contribution in [3.05, 3.63) is 53.3 Å². The molecule has 0 aliphatic carbocycles. The van der Waals surface area contributed by atoms with Crippen LogP contribution >= 0.6 is 11.6 Å². The molecule has 0 aromatic heterocycles. The van der Waals surface area contributed by atoms with Crippen LogP contribution < -0.4 is 10.5 Å². The smallest absolute Gasteiger partial charge is 0.264 e. The molecule has 0 aliphatic rings. The summed E-state index contributed by atoms with van der Waals surface area (Å²) in [6.45, 7) is 0. The van der Waals surface area contributed by atoms with Gasteiger partial charge in [-0.25, -0.2) is 12.8 Å². The Labute approximate surface area is 115 Å². The van der Waals surface area contributed by atoms with Gasteiger partial charge in [-0.05, 0) is 42.5 Å². The van der Waals surface area contributed by atoms with Gasteiger partial charge in [0.05, 0.1) is 5.69 Å². The quantitative estimate of drug-likeness (QED) is 0.856. The fourth-order valence-electron chi connectivity index (χ4n) is 1.47. The number of rotatable bonds is 3. The van der Waals surface area contributed by atoms with Crippen LogP contribution in [0.15, 0.2) is 47.4 Å². The molecule has 0 bridgehead atoms. The molecule has 0 saturated heterocycles. The number of nitrogens with one attached hydrogen (secondary N) is 1. The van der Waals surface area contributed by atoms with Crippen LogP contribution in [0.5, 0.6) is 0 Å². The summed E-state index contributed by atoms with van der Waals surface area (Å²) in [4.78, 5) is -0.303. The lowest BCUT2D eigenvalue weighted by atomic mass is 10.3. The summed E-state index contributed by atoms with van der Waals surface area (Å²) in [5, 5.41) is 0.480. The second kappa shape index (κ2) is 5.07. The highest BCUT2D eigenvalue weighted by atomic mass is 35.5. The van der Waals surface area contributed by atoms with Crippen LogP contribution in [0.1, 0.15) is 0 Å². The number of nitrogen functional groups attached to an aromatic ring is 1. The predicted octanol–water partition coefficient (Wildman–Crippen LogP) is 2.86. The van der Waals surface area contributed by atoms with Crippen molar-refractivity contribution in [2.45, 2.75) is 4.90 Å². The zero-order valence-electron chi connectivity index (χ0n) is 9.60. The number of sulfonamides is 1. The second-order valence-corrected chi connectivity index (χ2v) is 5.88. The van der Waals surface area contributed by atoms with Crippen molar-refractivity contribution in [2.24, 2.45) is 0 Å². The van der Waals surface area contributed by atoms with Gasteiger partial charge in [0.25, 0.3) is 10.0 Å². The van der Waals surface area contributed by atoms with E-state index >= 15 is 0 Å². The Hall–Kier alpha value is -1.79. The van der Waals surface area contributed by atoms with E-state index in [-0.39, 0.29) is 10.6 Å². The summed E-state index contributed by atoms with van der Waals surface area (Å²) in [5.74, 6) is -0.675. The lowest BCUT2D eigenvalue weighted by Crippen LogP contribution is -2.15. The van der Waals surface area contributed by atoms with Gasteiger partial charge >= 0.3 is 0 Å². The van der Waals surface area contributed by atoms with Crippen molar-refractivity contribution >= 4 is 33.0 Å². The predicted molar refractivity (Wildman–Crippen MR) is 73.1 cm³/mol. The molecule has 7 heteroatoms. The highest BCUT2D eigenvalue weighted by Gasteiger charge is 2.18. The number of halogens is 2. The lowest BCUT2D eigenvalue weighted by molar-refractivity contribution is 0.596. The van der Waals surface area contributed by atoms with Gasteiger partial charge < -0.3 is 5.73 Å². The highest BCUT2D eigenvalue weighted by molar-refractivity contribution is 7.92. The van der Waals surface area contributed by atoms with Gasteiger partial charge in [0.2, 0.25) is 0 Å². The molecule has 4 nitrogen and oxygen atoms in total. The van der Waals surface area contributed by atoms with E-state index in [4.69, 9.17) is 17.3 Å². The van der Waals surface area contributed by atoms with Gasteiger partial charge in [-0.3, -0.25) is 4.72 Å². The zero-order valence-corrected chi connectivity index (χ0v) is 11.2. The molecule has 3 N–H and O–H groups in total. The molecule has 0 fully saturated rings. The Balaban J connectivity index is 2.37. The van der Waals surface area contributed by atoms with E-state index in [1.165, 1.54) is 30.3 Å². The SMILES string of the molecule is Nc1ccc(F)cc1S(=O)(=O)Nc1ccc(Cl)cc1. The molecule has 0 heterocycles. The Morgan fingerprint density at radius 3 is 2.37 bits per heavy atom. The Morgan fingerprint density at radius 2 is 1.74 bits per heavy atom. The molecule has 0 atom stereocenters. The van der Waals surface area contributed by atoms with Crippen molar-refractivity contribution in [1.82, 2.24) is 0 Å². The molecular weight excluding hydrogens is 291 g/mol. The Morgan fingerprint density at radius 1 is 1.11 bits per heavy atom. The first kappa shape index (κ1) is 13.6. The summed E-state index contributed by atoms with van der Waals surface area (Å²) in [6.07, 6.45) is 0. The Bertz CT molecular complexity index is 702. The van der Waals surface area contributed by atoms with E-state index in [1.807, 2.05) is 0 Å². The largest absolute Gasteiger partial charge is 0.398 e. The molecule has 0 spiro atoms. The van der Waals surface area contributed by atoms with Crippen molar-refractivity contribution in [2.75, 3.05) is 10.5 Å². The summed E-state index contributed by atoms with van der Waals surface area (Å²) < 4.78 is 39.5. The van der Waals surface area contributed by atoms with E-state index in [0.717, 1.165) is 12.1 Å². The van der Waals surface area contributed by atoms with Crippen molar-refractivity contribution in [3.63, 3.8) is 0 Å². The molecule has 19 heavy (non-hydrogen) atoms. The van der Waals surface area contributed by atoms with Crippen molar-refractivity contribution < 1.29 is 12.8 Å². The maximum atomic E-state index is 13.1. The minimum Gasteiger partial charge on any atom is -0.398 e. The number of hydrogen-bond acceptors (Lipinski definition) is 3. The number of hydrogen-bond donors (Lipinski definition) is 2. The van der Waals surface area contributed by atoms with E-state index in [2.05, 4.69) is 4.72 Å². The lowest BCUT2D eigenvalue weighted by Gasteiger charge is -2.10. The molecule has 0 radical (unpaired) electrons. The highest BCUT2D eigenvalue weighted by Crippen LogP contribution is 2.23. The topological polar surface area (TPSA) is 72.2 Å². The molecule has 2 rings (SSSR count). The maximum absolute atomic E-state index is 13.1. The minimum atomic E-state index is -3.94. The van der Waals surface area contributed by atoms with Gasteiger partial charge in [0.15, 0.2) is 0 Å². The number of benzene rings is 2. The van der Waals surface area contributed by atoms with Gasteiger partial charge in [-0.2, -0.15) is 0 Å². The average molecular weight is 301 g/mol. The third kappa shape index (κ3) is 3.15. The van der Waals surface area contributed by atoms with Crippen LogP contribution in [0, 0.1) is 5.82 Å². The molecule has 0 aliphatic heterocycles. The minimum absolute atomic E-state index is 0.0251. The first-order chi connectivity index (χ1) is 8.88. The summed E-state index contributed by atoms with van der Waals surface area (Å²) >= 11 is 5.70. The van der Waals surface area contributed by atoms with Crippen LogP contribution in [-0.2, 0) is 10.0 Å². The van der Waals surface area contributed by atoms with Crippen LogP contribution in [0.3, 0.4) is 0 Å². The van der Waals surface area contributed by atoms with Crippen molar-refractivity contribution in [3.8, 4) is 0 Å². The first-order valence-corrected chi connectivity index (χ1v) is 7.08. The standard InChI is InChI=1S/C12H10ClFN2O2S/c13-8-1-4-10(5-2-8)16-19(17,18)12-7-9(14)3-6-11(12)15/h1-7,16H,15H2. The van der Waals surface area contributed by atoms with Crippen molar-refractivity contribution in [1.29, 1.82) is 0 Å². The fourth-order valence-corrected chi connectivity index (χ4v) is 2.80. The van der Waals surface area contributed by atoms with E-state index < -0.39 is 15.8 Å². The zero-order chi connectivity index (χ0) is 14.0. The van der Waals surface area contributed by atoms with Gasteiger partial charge in [-0.1, -0.05) is 11.6 Å². The molecule has 0 saturated carbocycles. The molecule has 100 valence electrons. The number of anilines is 2. The van der Waals surface area contributed by atoms with Gasteiger partial charge in [-0.15, -0.1) is 0 Å². The molecule has 2 aromatic carbocycles. The van der Waals surface area contributed by atoms with E-state index in [0.29, 0.717) is 10.7 Å². The van der Waals surface area contributed by atoms with Crippen LogP contribution in [0.25, 0.3) is 0 Å². The summed E-state index contributed by atoms with van der Waals surface area (Å²) in [5.41, 5.74) is 5.83. The maximum Gasteiger partial charge on any atom is 0.264 e. The molecule has 2 aromatic rings. The average Bonchev–Trinajstić information content (AvgIpc) is 2.35. The first-order valence-electron chi connectivity index (χ1n) is 5.22. The third-order valence-corrected chi connectivity index (χ3v) is 4.05. The van der Waals surface area contributed by atoms with Crippen LogP contribution in [0.4, 0.5) is 15.8 Å². The van der Waals surface area contributed by atoms with Gasteiger partial charge in [0.1, 0.15) is 10.7 Å². The van der Waals surface area contributed by atoms with E-state index in [9.17, 15) is 12.8 Å². The molecule has 0 unspecified atom stereocenters. The summed E-state index contributed by atoms with van der Waals surface area (Å²) in [7, 11) is -3.94. The van der Waals surface area contributed by atoms with Crippen LogP contribution in [-0.4, -0.2) is 8.42 Å². The van der Waals surface area contributed by atoms with Gasteiger partial charge in [0, 0.05) is 10.7 Å². The summed E-state index contributed by atoms with van der Waals surface area (Å²) in [6, 6.07) is 9.23. The third-order valence-electron chi connectivity index (χ3n) is 2.36. The van der Waals surface area contributed by atoms with Crippen LogP contribution in [0.2, 0.25) is 5.02 Å². The Kier molecular flexibility index (Phi) is 3.64. The second-order valence-electron chi connectivity index (χ2n) is 3.79. The molecular formula is C12H10ClFN2O2S. The van der Waals surface area contributed by atoms with E-state index in [1.54, 1.807) is 0 Å².